The van der Waals surface area contributed by atoms with Gasteiger partial charge < -0.3 is 10.0 Å². The first-order chi connectivity index (χ1) is 7.50. The summed E-state index contributed by atoms with van der Waals surface area (Å²) in [6, 6.07) is 4.14. The van der Waals surface area contributed by atoms with E-state index >= 15 is 0 Å². The topological polar surface area (TPSA) is 40.5 Å². The summed E-state index contributed by atoms with van der Waals surface area (Å²) in [6.07, 6.45) is 0. The van der Waals surface area contributed by atoms with Crippen LogP contribution < -0.4 is 4.90 Å². The quantitative estimate of drug-likeness (QED) is 0.813. The van der Waals surface area contributed by atoms with Gasteiger partial charge in [-0.2, -0.15) is 0 Å². The molecule has 0 bridgehead atoms. The minimum absolute atomic E-state index is 0.363. The molecule has 16 heavy (non-hydrogen) atoms. The Morgan fingerprint density at radius 1 is 1.44 bits per heavy atom. The van der Waals surface area contributed by atoms with Gasteiger partial charge in [0.25, 0.3) is 0 Å². The normalized spacial score (nSPS) is 19.4. The van der Waals surface area contributed by atoms with Gasteiger partial charge in [0.15, 0.2) is 0 Å². The maximum atomic E-state index is 11.1. The van der Waals surface area contributed by atoms with E-state index in [1.165, 1.54) is 23.0 Å². The number of carboxylic acids is 1. The molecular formula is C12H15NO2S. The van der Waals surface area contributed by atoms with E-state index in [1.807, 2.05) is 18.9 Å². The Morgan fingerprint density at radius 2 is 2.06 bits per heavy atom. The minimum Gasteiger partial charge on any atom is -0.480 e. The van der Waals surface area contributed by atoms with Crippen LogP contribution in [0.4, 0.5) is 5.69 Å². The molecule has 1 atom stereocenters. The van der Waals surface area contributed by atoms with E-state index in [2.05, 4.69) is 19.1 Å². The average molecular weight is 237 g/mol. The van der Waals surface area contributed by atoms with Crippen molar-refractivity contribution in [3.63, 3.8) is 0 Å². The first-order valence-corrected chi connectivity index (χ1v) is 6.09. The third-order valence-electron chi connectivity index (χ3n) is 2.89. The van der Waals surface area contributed by atoms with Crippen molar-refractivity contribution in [3.05, 3.63) is 23.3 Å². The van der Waals surface area contributed by atoms with Crippen molar-refractivity contribution in [2.24, 2.45) is 0 Å². The zero-order chi connectivity index (χ0) is 11.9. The van der Waals surface area contributed by atoms with Gasteiger partial charge in [-0.1, -0.05) is 12.1 Å². The van der Waals surface area contributed by atoms with Crippen LogP contribution in [-0.2, 0) is 4.79 Å². The molecule has 0 aliphatic carbocycles. The summed E-state index contributed by atoms with van der Waals surface area (Å²) in [6.45, 7) is 4.66. The van der Waals surface area contributed by atoms with Gasteiger partial charge in [0, 0.05) is 18.5 Å². The zero-order valence-corrected chi connectivity index (χ0v) is 10.5. The molecule has 0 saturated carbocycles. The zero-order valence-electron chi connectivity index (χ0n) is 9.65. The van der Waals surface area contributed by atoms with E-state index in [-0.39, 0.29) is 5.25 Å². The first kappa shape index (κ1) is 11.3. The monoisotopic (exact) mass is 237 g/mol. The number of benzene rings is 1. The van der Waals surface area contributed by atoms with Crippen molar-refractivity contribution < 1.29 is 9.90 Å². The van der Waals surface area contributed by atoms with Crippen LogP contribution in [0.25, 0.3) is 0 Å². The number of thioether (sulfide) groups is 1. The molecule has 0 radical (unpaired) electrons. The molecule has 0 saturated heterocycles. The predicted octanol–water partition coefficient (Wildman–Crippen LogP) is 2.30. The Labute approximate surface area is 99.5 Å². The smallest absolute Gasteiger partial charge is 0.318 e. The molecule has 1 N–H and O–H groups in total. The van der Waals surface area contributed by atoms with E-state index in [0.29, 0.717) is 6.54 Å². The van der Waals surface area contributed by atoms with Gasteiger partial charge in [-0.15, -0.1) is 11.8 Å². The second-order valence-electron chi connectivity index (χ2n) is 4.20. The van der Waals surface area contributed by atoms with Crippen molar-refractivity contribution >= 4 is 23.4 Å². The fourth-order valence-electron chi connectivity index (χ4n) is 2.04. The predicted molar refractivity (Wildman–Crippen MR) is 66.5 cm³/mol. The molecule has 0 fully saturated rings. The Balaban J connectivity index is 2.49. The Kier molecular flexibility index (Phi) is 2.84. The molecule has 0 amide bonds. The van der Waals surface area contributed by atoms with Crippen molar-refractivity contribution in [1.29, 1.82) is 0 Å². The molecule has 2 rings (SSSR count). The highest BCUT2D eigenvalue weighted by atomic mass is 32.2. The summed E-state index contributed by atoms with van der Waals surface area (Å²) in [4.78, 5) is 14.2. The second kappa shape index (κ2) is 4.01. The van der Waals surface area contributed by atoms with Crippen LogP contribution >= 0.6 is 11.8 Å². The number of fused-ring (bicyclic) bond motifs is 1. The standard InChI is InChI=1S/C12H15NO2S/c1-7-4-5-8(2)11-10(7)13(3)6-9(16-11)12(14)15/h4-5,9H,6H2,1-3H3,(H,14,15). The summed E-state index contributed by atoms with van der Waals surface area (Å²) < 4.78 is 0. The van der Waals surface area contributed by atoms with Crippen molar-refractivity contribution in [3.8, 4) is 0 Å². The number of carbonyl (C=O) groups is 1. The van der Waals surface area contributed by atoms with Gasteiger partial charge >= 0.3 is 5.97 Å². The van der Waals surface area contributed by atoms with Gasteiger partial charge in [-0.25, -0.2) is 0 Å². The van der Waals surface area contributed by atoms with Crippen LogP contribution in [0.15, 0.2) is 17.0 Å². The highest BCUT2D eigenvalue weighted by Crippen LogP contribution is 2.41. The number of rotatable bonds is 1. The van der Waals surface area contributed by atoms with Crippen molar-refractivity contribution in [2.75, 3.05) is 18.5 Å². The molecule has 4 heteroatoms. The van der Waals surface area contributed by atoms with E-state index in [4.69, 9.17) is 5.11 Å². The van der Waals surface area contributed by atoms with Crippen LogP contribution in [0.2, 0.25) is 0 Å². The molecule has 1 aromatic rings. The molecular weight excluding hydrogens is 222 g/mol. The SMILES string of the molecule is Cc1ccc(C)c2c1SC(C(=O)O)CN2C. The summed E-state index contributed by atoms with van der Waals surface area (Å²) in [5.74, 6) is -0.733. The lowest BCUT2D eigenvalue weighted by atomic mass is 10.1. The largest absolute Gasteiger partial charge is 0.480 e. The van der Waals surface area contributed by atoms with Crippen molar-refractivity contribution in [2.45, 2.75) is 24.0 Å². The first-order valence-electron chi connectivity index (χ1n) is 5.21. The molecule has 1 unspecified atom stereocenters. The van der Waals surface area contributed by atoms with E-state index in [9.17, 15) is 4.79 Å². The third kappa shape index (κ3) is 1.78. The van der Waals surface area contributed by atoms with Crippen molar-refractivity contribution in [1.82, 2.24) is 0 Å². The minimum atomic E-state index is -0.733. The lowest BCUT2D eigenvalue weighted by molar-refractivity contribution is -0.136. The number of anilines is 1. The molecule has 1 aliphatic heterocycles. The number of aryl methyl sites for hydroxylation is 2. The maximum absolute atomic E-state index is 11.1. The van der Waals surface area contributed by atoms with Crippen LogP contribution in [0.5, 0.6) is 0 Å². The Morgan fingerprint density at radius 3 is 2.69 bits per heavy atom. The van der Waals surface area contributed by atoms with Gasteiger partial charge in [-0.05, 0) is 25.0 Å². The summed E-state index contributed by atoms with van der Waals surface area (Å²) >= 11 is 1.47. The maximum Gasteiger partial charge on any atom is 0.318 e. The molecule has 1 aromatic carbocycles. The van der Waals surface area contributed by atoms with Gasteiger partial charge in [-0.3, -0.25) is 4.79 Å². The van der Waals surface area contributed by atoms with E-state index in [0.717, 1.165) is 10.5 Å². The second-order valence-corrected chi connectivity index (χ2v) is 5.42. The highest BCUT2D eigenvalue weighted by Gasteiger charge is 2.29. The van der Waals surface area contributed by atoms with E-state index < -0.39 is 5.97 Å². The van der Waals surface area contributed by atoms with E-state index in [1.54, 1.807) is 0 Å². The summed E-state index contributed by atoms with van der Waals surface area (Å²) in [5, 5.41) is 8.73. The molecule has 1 heterocycles. The van der Waals surface area contributed by atoms with Crippen LogP contribution in [-0.4, -0.2) is 29.9 Å². The van der Waals surface area contributed by atoms with Gasteiger partial charge in [0.1, 0.15) is 5.25 Å². The molecule has 0 aromatic heterocycles. The lowest BCUT2D eigenvalue weighted by Crippen LogP contribution is -2.36. The number of nitrogens with zero attached hydrogens (tertiary/aromatic N) is 1. The number of aliphatic carboxylic acids is 1. The number of hydrogen-bond acceptors (Lipinski definition) is 3. The van der Waals surface area contributed by atoms with Gasteiger partial charge in [0.2, 0.25) is 0 Å². The molecule has 86 valence electrons. The lowest BCUT2D eigenvalue weighted by Gasteiger charge is -2.33. The average Bonchev–Trinajstić information content (AvgIpc) is 2.22. The number of carboxylic acid groups (broad SMARTS) is 1. The number of hydrogen-bond donors (Lipinski definition) is 1. The van der Waals surface area contributed by atoms with Crippen LogP contribution in [0.3, 0.4) is 0 Å². The third-order valence-corrected chi connectivity index (χ3v) is 4.27. The summed E-state index contributed by atoms with van der Waals surface area (Å²) in [5.41, 5.74) is 3.55. The Bertz CT molecular complexity index is 445. The van der Waals surface area contributed by atoms with Crippen LogP contribution in [0, 0.1) is 13.8 Å². The molecule has 0 spiro atoms. The summed E-state index contributed by atoms with van der Waals surface area (Å²) in [7, 11) is 1.96. The highest BCUT2D eigenvalue weighted by molar-refractivity contribution is 8.01. The Hall–Kier alpha value is -1.16. The molecule has 1 aliphatic rings. The van der Waals surface area contributed by atoms with Gasteiger partial charge in [0.05, 0.1) is 5.69 Å². The molecule has 3 nitrogen and oxygen atoms in total. The van der Waals surface area contributed by atoms with Crippen LogP contribution in [0.1, 0.15) is 11.1 Å². The fraction of sp³-hybridized carbons (Fsp3) is 0.417. The fourth-order valence-corrected chi connectivity index (χ4v) is 3.41.